The summed E-state index contributed by atoms with van der Waals surface area (Å²) in [5.41, 5.74) is 1.39. The third-order valence-electron chi connectivity index (χ3n) is 3.33. The fourth-order valence-electron chi connectivity index (χ4n) is 2.46. The van der Waals surface area contributed by atoms with Gasteiger partial charge in [0.05, 0.1) is 0 Å². The van der Waals surface area contributed by atoms with E-state index in [1.54, 1.807) is 0 Å². The highest BCUT2D eigenvalue weighted by molar-refractivity contribution is 5.14. The lowest BCUT2D eigenvalue weighted by atomic mass is 10.1. The van der Waals surface area contributed by atoms with Gasteiger partial charge in [0.25, 0.3) is 0 Å². The Bertz CT molecular complexity index is 321. The van der Waals surface area contributed by atoms with E-state index in [1.807, 2.05) is 0 Å². The lowest BCUT2D eigenvalue weighted by Crippen LogP contribution is -2.30. The zero-order chi connectivity index (χ0) is 14.1. The molecule has 19 heavy (non-hydrogen) atoms. The van der Waals surface area contributed by atoms with Crippen LogP contribution in [0.25, 0.3) is 0 Å². The largest absolute Gasteiger partial charge is 0.314 e. The molecule has 2 heteroatoms. The number of nitrogens with zero attached hydrogens (tertiary/aromatic N) is 1. The Balaban J connectivity index is 2.09. The molecule has 0 amide bonds. The van der Waals surface area contributed by atoms with Gasteiger partial charge in [-0.1, -0.05) is 44.2 Å². The quantitative estimate of drug-likeness (QED) is 0.685. The summed E-state index contributed by atoms with van der Waals surface area (Å²) in [7, 11) is 2.20. The van der Waals surface area contributed by atoms with Crippen molar-refractivity contribution in [2.75, 3.05) is 20.1 Å². The smallest absolute Gasteiger partial charge is 0.0230 e. The summed E-state index contributed by atoms with van der Waals surface area (Å²) in [6, 6.07) is 11.3. The van der Waals surface area contributed by atoms with Crippen molar-refractivity contribution in [3.63, 3.8) is 0 Å². The predicted molar refractivity (Wildman–Crippen MR) is 84.3 cm³/mol. The first-order chi connectivity index (χ1) is 9.08. The van der Waals surface area contributed by atoms with Crippen LogP contribution in [-0.4, -0.2) is 31.1 Å². The number of hydrogen-bond acceptors (Lipinski definition) is 2. The zero-order valence-corrected chi connectivity index (χ0v) is 13.0. The van der Waals surface area contributed by atoms with Crippen LogP contribution in [0.2, 0.25) is 0 Å². The molecule has 0 aliphatic heterocycles. The van der Waals surface area contributed by atoms with Crippen LogP contribution >= 0.6 is 0 Å². The van der Waals surface area contributed by atoms with Crippen molar-refractivity contribution in [3.8, 4) is 0 Å². The molecule has 1 unspecified atom stereocenters. The highest BCUT2D eigenvalue weighted by atomic mass is 15.1. The Labute approximate surface area is 119 Å². The first kappa shape index (κ1) is 16.2. The van der Waals surface area contributed by atoms with Gasteiger partial charge in [-0.2, -0.15) is 0 Å². The van der Waals surface area contributed by atoms with Crippen molar-refractivity contribution in [1.29, 1.82) is 0 Å². The van der Waals surface area contributed by atoms with Gasteiger partial charge in [-0.3, -0.25) is 0 Å². The predicted octanol–water partition coefficient (Wildman–Crippen LogP) is 3.53. The van der Waals surface area contributed by atoms with Crippen molar-refractivity contribution in [2.45, 2.75) is 46.2 Å². The van der Waals surface area contributed by atoms with E-state index in [0.717, 1.165) is 25.6 Å². The van der Waals surface area contributed by atoms with Crippen LogP contribution in [0.1, 0.15) is 39.2 Å². The Morgan fingerprint density at radius 1 is 1.11 bits per heavy atom. The van der Waals surface area contributed by atoms with Crippen molar-refractivity contribution in [2.24, 2.45) is 5.92 Å². The molecule has 1 atom stereocenters. The van der Waals surface area contributed by atoms with E-state index in [4.69, 9.17) is 0 Å². The van der Waals surface area contributed by atoms with Crippen molar-refractivity contribution in [3.05, 3.63) is 35.9 Å². The number of hydrogen-bond donors (Lipinski definition) is 1. The lowest BCUT2D eigenvalue weighted by Gasteiger charge is -2.19. The fraction of sp³-hybridized carbons (Fsp3) is 0.647. The Morgan fingerprint density at radius 3 is 2.42 bits per heavy atom. The van der Waals surface area contributed by atoms with Gasteiger partial charge in [0, 0.05) is 12.6 Å². The van der Waals surface area contributed by atoms with Crippen LogP contribution in [0.15, 0.2) is 30.3 Å². The Hall–Kier alpha value is -0.860. The molecule has 1 aromatic carbocycles. The maximum absolute atomic E-state index is 3.61. The highest BCUT2D eigenvalue weighted by Crippen LogP contribution is 2.04. The summed E-state index contributed by atoms with van der Waals surface area (Å²) < 4.78 is 0. The second-order valence-corrected chi connectivity index (χ2v) is 6.06. The Morgan fingerprint density at radius 2 is 1.79 bits per heavy atom. The molecule has 0 aromatic heterocycles. The first-order valence-electron chi connectivity index (χ1n) is 7.53. The first-order valence-corrected chi connectivity index (χ1v) is 7.53. The van der Waals surface area contributed by atoms with Gasteiger partial charge in [0.1, 0.15) is 0 Å². The third kappa shape index (κ3) is 8.02. The molecule has 1 rings (SSSR count). The third-order valence-corrected chi connectivity index (χ3v) is 3.33. The molecule has 0 radical (unpaired) electrons. The normalized spacial score (nSPS) is 13.2. The summed E-state index contributed by atoms with van der Waals surface area (Å²) in [6.07, 6.45) is 2.48. The van der Waals surface area contributed by atoms with Gasteiger partial charge in [0.2, 0.25) is 0 Å². The van der Waals surface area contributed by atoms with Crippen LogP contribution in [0.4, 0.5) is 0 Å². The molecule has 0 saturated carbocycles. The van der Waals surface area contributed by atoms with Crippen LogP contribution in [0, 0.1) is 5.92 Å². The zero-order valence-electron chi connectivity index (χ0n) is 13.0. The molecule has 108 valence electrons. The molecule has 0 aliphatic carbocycles. The van der Waals surface area contributed by atoms with E-state index in [-0.39, 0.29) is 0 Å². The number of rotatable bonds is 9. The topological polar surface area (TPSA) is 15.3 Å². The average molecular weight is 262 g/mol. The van der Waals surface area contributed by atoms with Gasteiger partial charge in [-0.25, -0.2) is 0 Å². The minimum Gasteiger partial charge on any atom is -0.314 e. The molecule has 1 N–H and O–H groups in total. The van der Waals surface area contributed by atoms with E-state index in [1.165, 1.54) is 18.4 Å². The monoisotopic (exact) mass is 262 g/mol. The number of nitrogens with one attached hydrogen (secondary N) is 1. The lowest BCUT2D eigenvalue weighted by molar-refractivity contribution is 0.314. The van der Waals surface area contributed by atoms with Crippen LogP contribution < -0.4 is 5.32 Å². The average Bonchev–Trinajstić information content (AvgIpc) is 2.35. The van der Waals surface area contributed by atoms with E-state index in [2.05, 4.69) is 68.4 Å². The summed E-state index contributed by atoms with van der Waals surface area (Å²) in [5, 5.41) is 3.61. The molecule has 2 nitrogen and oxygen atoms in total. The maximum Gasteiger partial charge on any atom is 0.0230 e. The molecule has 0 fully saturated rings. The van der Waals surface area contributed by atoms with Crippen LogP contribution in [0.3, 0.4) is 0 Å². The summed E-state index contributed by atoms with van der Waals surface area (Å²) in [6.45, 7) is 10.2. The van der Waals surface area contributed by atoms with Gasteiger partial charge in [-0.15, -0.1) is 0 Å². The minimum atomic E-state index is 0.638. The maximum atomic E-state index is 3.61. The van der Waals surface area contributed by atoms with Gasteiger partial charge in [0.15, 0.2) is 0 Å². The highest BCUT2D eigenvalue weighted by Gasteiger charge is 2.04. The fourth-order valence-corrected chi connectivity index (χ4v) is 2.46. The molecule has 0 aliphatic rings. The molecule has 0 bridgehead atoms. The van der Waals surface area contributed by atoms with E-state index in [9.17, 15) is 0 Å². The van der Waals surface area contributed by atoms with E-state index >= 15 is 0 Å². The van der Waals surface area contributed by atoms with Crippen LogP contribution in [0.5, 0.6) is 0 Å². The van der Waals surface area contributed by atoms with Crippen molar-refractivity contribution >= 4 is 0 Å². The summed E-state index contributed by atoms with van der Waals surface area (Å²) in [5.74, 6) is 0.781. The van der Waals surface area contributed by atoms with Gasteiger partial charge < -0.3 is 10.2 Å². The molecule has 0 heterocycles. The molecular formula is C17H30N2. The van der Waals surface area contributed by atoms with Crippen molar-refractivity contribution < 1.29 is 0 Å². The Kier molecular flexibility index (Phi) is 7.76. The van der Waals surface area contributed by atoms with Crippen LogP contribution in [-0.2, 0) is 6.54 Å². The second-order valence-electron chi connectivity index (χ2n) is 6.06. The van der Waals surface area contributed by atoms with Gasteiger partial charge >= 0.3 is 0 Å². The summed E-state index contributed by atoms with van der Waals surface area (Å²) >= 11 is 0. The second kappa shape index (κ2) is 9.11. The molecular weight excluding hydrogens is 232 g/mol. The van der Waals surface area contributed by atoms with E-state index < -0.39 is 0 Å². The SMILES string of the molecule is CC(C)CC(C)NCCCN(C)Cc1ccccc1. The van der Waals surface area contributed by atoms with Crippen molar-refractivity contribution in [1.82, 2.24) is 10.2 Å². The minimum absolute atomic E-state index is 0.638. The summed E-state index contributed by atoms with van der Waals surface area (Å²) in [4.78, 5) is 2.39. The molecule has 1 aromatic rings. The van der Waals surface area contributed by atoms with Gasteiger partial charge in [-0.05, 0) is 51.4 Å². The van der Waals surface area contributed by atoms with E-state index in [0.29, 0.717) is 6.04 Å². The molecule has 0 saturated heterocycles. The standard InChI is InChI=1S/C17H30N2/c1-15(2)13-16(3)18-11-8-12-19(4)14-17-9-6-5-7-10-17/h5-7,9-10,15-16,18H,8,11-14H2,1-4H3. The number of benzene rings is 1. The molecule has 0 spiro atoms.